The normalized spacial score (nSPS) is 11.3. The maximum Gasteiger partial charge on any atom is 0.412 e. The molecule has 0 fully saturated rings. The molecule has 3 N–H and O–H groups in total. The average Bonchev–Trinajstić information content (AvgIpc) is 3.17. The molecule has 174 valence electrons. The van der Waals surface area contributed by atoms with E-state index in [-0.39, 0.29) is 12.3 Å². The molecule has 1 heterocycles. The first-order valence-corrected chi connectivity index (χ1v) is 11.1. The van der Waals surface area contributed by atoms with Gasteiger partial charge in [0.05, 0.1) is 17.5 Å². The third-order valence-corrected chi connectivity index (χ3v) is 5.08. The number of carbonyl (C=O) groups is 2. The number of aromatic amines is 1. The number of rotatable bonds is 5. The van der Waals surface area contributed by atoms with Crippen LogP contribution >= 0.6 is 0 Å². The lowest BCUT2D eigenvalue weighted by Gasteiger charge is -2.20. The molecule has 0 saturated carbocycles. The summed E-state index contributed by atoms with van der Waals surface area (Å²) in [5.74, 6) is 0.589. The summed E-state index contributed by atoms with van der Waals surface area (Å²) in [7, 11) is 0. The third kappa shape index (κ3) is 5.81. The number of aromatic nitrogens is 2. The number of carbonyl (C=O) groups excluding carboxylic acids is 2. The van der Waals surface area contributed by atoms with E-state index < -0.39 is 11.7 Å². The fourth-order valence-corrected chi connectivity index (χ4v) is 3.56. The predicted octanol–water partition coefficient (Wildman–Crippen LogP) is 6.07. The summed E-state index contributed by atoms with van der Waals surface area (Å²) < 4.78 is 5.31. The number of imidazole rings is 1. The SMILES string of the molecule is Cc1ccc2nc(-c3ccc(NC(=O)Cc4ccccc4NC(=O)OC(C)(C)C)cc3)[nH]c2c1. The van der Waals surface area contributed by atoms with Crippen LogP contribution in [0.2, 0.25) is 0 Å². The minimum Gasteiger partial charge on any atom is -0.444 e. The lowest BCUT2D eigenvalue weighted by atomic mass is 10.1. The van der Waals surface area contributed by atoms with Crippen LogP contribution in [0.4, 0.5) is 16.2 Å². The van der Waals surface area contributed by atoms with Gasteiger partial charge >= 0.3 is 6.09 Å². The lowest BCUT2D eigenvalue weighted by Crippen LogP contribution is -2.27. The number of amides is 2. The Bertz CT molecular complexity index is 1330. The Morgan fingerprint density at radius 1 is 0.971 bits per heavy atom. The summed E-state index contributed by atoms with van der Waals surface area (Å²) in [5.41, 5.74) is 5.31. The highest BCUT2D eigenvalue weighted by molar-refractivity contribution is 5.94. The topological polar surface area (TPSA) is 96.1 Å². The van der Waals surface area contributed by atoms with Gasteiger partial charge in [-0.2, -0.15) is 0 Å². The zero-order valence-electron chi connectivity index (χ0n) is 19.7. The molecule has 4 rings (SSSR count). The van der Waals surface area contributed by atoms with Crippen molar-refractivity contribution in [3.63, 3.8) is 0 Å². The molecule has 0 aliphatic heterocycles. The highest BCUT2D eigenvalue weighted by atomic mass is 16.6. The molecule has 3 aromatic carbocycles. The summed E-state index contributed by atoms with van der Waals surface area (Å²) in [6.45, 7) is 7.44. The Morgan fingerprint density at radius 2 is 1.71 bits per heavy atom. The van der Waals surface area contributed by atoms with Gasteiger partial charge in [-0.05, 0) is 81.3 Å². The van der Waals surface area contributed by atoms with Crippen LogP contribution in [0.25, 0.3) is 22.4 Å². The smallest absolute Gasteiger partial charge is 0.412 e. The number of aryl methyl sites for hydroxylation is 1. The van der Waals surface area contributed by atoms with Crippen molar-refractivity contribution in [3.8, 4) is 11.4 Å². The van der Waals surface area contributed by atoms with Gasteiger partial charge in [0.1, 0.15) is 11.4 Å². The molecule has 7 heteroatoms. The highest BCUT2D eigenvalue weighted by Crippen LogP contribution is 2.23. The van der Waals surface area contributed by atoms with E-state index in [1.807, 2.05) is 49.4 Å². The summed E-state index contributed by atoms with van der Waals surface area (Å²) in [6, 6.07) is 20.8. The highest BCUT2D eigenvalue weighted by Gasteiger charge is 2.18. The number of hydrogen-bond donors (Lipinski definition) is 3. The van der Waals surface area contributed by atoms with E-state index in [1.165, 1.54) is 5.56 Å². The van der Waals surface area contributed by atoms with E-state index in [1.54, 1.807) is 39.0 Å². The Labute approximate surface area is 198 Å². The standard InChI is InChI=1S/C27H28N4O3/c1-17-9-14-22-23(15-17)30-25(29-22)18-10-12-20(13-11-18)28-24(32)16-19-7-5-6-8-21(19)31-26(33)34-27(2,3)4/h5-15H,16H2,1-4H3,(H,28,32)(H,29,30)(H,31,33). The fraction of sp³-hybridized carbons (Fsp3) is 0.222. The van der Waals surface area contributed by atoms with Crippen LogP contribution < -0.4 is 10.6 Å². The summed E-state index contributed by atoms with van der Waals surface area (Å²) in [4.78, 5) is 32.8. The van der Waals surface area contributed by atoms with Crippen molar-refractivity contribution in [3.05, 3.63) is 77.9 Å². The van der Waals surface area contributed by atoms with Crippen LogP contribution in [0.5, 0.6) is 0 Å². The average molecular weight is 457 g/mol. The third-order valence-electron chi connectivity index (χ3n) is 5.08. The number of benzene rings is 3. The van der Waals surface area contributed by atoms with Gasteiger partial charge in [-0.1, -0.05) is 24.3 Å². The van der Waals surface area contributed by atoms with E-state index >= 15 is 0 Å². The van der Waals surface area contributed by atoms with Gasteiger partial charge in [0.15, 0.2) is 0 Å². The Kier molecular flexibility index (Phi) is 6.36. The van der Waals surface area contributed by atoms with Crippen molar-refractivity contribution in [1.29, 1.82) is 0 Å². The lowest BCUT2D eigenvalue weighted by molar-refractivity contribution is -0.115. The molecule has 2 amide bonds. The number of hydrogen-bond acceptors (Lipinski definition) is 4. The first-order chi connectivity index (χ1) is 16.2. The maximum absolute atomic E-state index is 12.7. The molecule has 0 unspecified atom stereocenters. The van der Waals surface area contributed by atoms with E-state index in [0.29, 0.717) is 16.9 Å². The molecule has 34 heavy (non-hydrogen) atoms. The van der Waals surface area contributed by atoms with E-state index in [2.05, 4.69) is 26.7 Å². The molecule has 0 spiro atoms. The van der Waals surface area contributed by atoms with Gasteiger partial charge in [0, 0.05) is 16.9 Å². The van der Waals surface area contributed by atoms with Gasteiger partial charge in [0.2, 0.25) is 5.91 Å². The number of anilines is 2. The van der Waals surface area contributed by atoms with Crippen molar-refractivity contribution in [2.75, 3.05) is 10.6 Å². The van der Waals surface area contributed by atoms with Gasteiger partial charge in [0.25, 0.3) is 0 Å². The molecule has 4 aromatic rings. The molecule has 7 nitrogen and oxygen atoms in total. The molecule has 0 aliphatic rings. The zero-order chi connectivity index (χ0) is 24.3. The van der Waals surface area contributed by atoms with Crippen LogP contribution in [0.3, 0.4) is 0 Å². The van der Waals surface area contributed by atoms with E-state index in [4.69, 9.17) is 4.74 Å². The van der Waals surface area contributed by atoms with E-state index in [0.717, 1.165) is 22.4 Å². The molecule has 0 saturated heterocycles. The van der Waals surface area contributed by atoms with Crippen LogP contribution in [0.1, 0.15) is 31.9 Å². The first-order valence-electron chi connectivity index (χ1n) is 11.1. The summed E-state index contributed by atoms with van der Waals surface area (Å²) in [6.07, 6.45) is -0.451. The van der Waals surface area contributed by atoms with Crippen molar-refractivity contribution in [2.24, 2.45) is 0 Å². The fourth-order valence-electron chi connectivity index (χ4n) is 3.56. The van der Waals surface area contributed by atoms with Crippen LogP contribution in [-0.2, 0) is 16.0 Å². The Morgan fingerprint density at radius 3 is 2.44 bits per heavy atom. The monoisotopic (exact) mass is 456 g/mol. The second kappa shape index (κ2) is 9.39. The van der Waals surface area contributed by atoms with Gasteiger partial charge in [-0.15, -0.1) is 0 Å². The molecule has 0 aliphatic carbocycles. The minimum atomic E-state index is -0.607. The Balaban J connectivity index is 1.41. The largest absolute Gasteiger partial charge is 0.444 e. The number of ether oxygens (including phenoxy) is 1. The molecule has 1 aromatic heterocycles. The van der Waals surface area contributed by atoms with Gasteiger partial charge in [-0.25, -0.2) is 9.78 Å². The summed E-state index contributed by atoms with van der Waals surface area (Å²) in [5, 5.41) is 5.63. The quantitative estimate of drug-likeness (QED) is 0.340. The second-order valence-electron chi connectivity index (χ2n) is 9.19. The number of nitrogens with one attached hydrogen (secondary N) is 3. The van der Waals surface area contributed by atoms with Crippen LogP contribution in [0, 0.1) is 6.92 Å². The molecule has 0 atom stereocenters. The number of nitrogens with zero attached hydrogens (tertiary/aromatic N) is 1. The minimum absolute atomic E-state index is 0.108. The van der Waals surface area contributed by atoms with E-state index in [9.17, 15) is 9.59 Å². The Hall–Kier alpha value is -4.13. The van der Waals surface area contributed by atoms with Crippen LogP contribution in [-0.4, -0.2) is 27.6 Å². The molecular weight excluding hydrogens is 428 g/mol. The second-order valence-corrected chi connectivity index (χ2v) is 9.19. The number of para-hydroxylation sites is 1. The van der Waals surface area contributed by atoms with Crippen molar-refractivity contribution >= 4 is 34.4 Å². The van der Waals surface area contributed by atoms with Crippen molar-refractivity contribution in [2.45, 2.75) is 39.7 Å². The molecule has 0 radical (unpaired) electrons. The number of H-pyrrole nitrogens is 1. The van der Waals surface area contributed by atoms with Crippen molar-refractivity contribution < 1.29 is 14.3 Å². The zero-order valence-corrected chi connectivity index (χ0v) is 19.7. The molecular formula is C27H28N4O3. The number of fused-ring (bicyclic) bond motifs is 1. The maximum atomic E-state index is 12.7. The first kappa shape index (κ1) is 23.0. The summed E-state index contributed by atoms with van der Waals surface area (Å²) >= 11 is 0. The van der Waals surface area contributed by atoms with Crippen LogP contribution in [0.15, 0.2) is 66.7 Å². The van der Waals surface area contributed by atoms with Gasteiger partial charge in [-0.3, -0.25) is 10.1 Å². The van der Waals surface area contributed by atoms with Gasteiger partial charge < -0.3 is 15.0 Å². The predicted molar refractivity (Wildman–Crippen MR) is 135 cm³/mol. The molecule has 0 bridgehead atoms. The van der Waals surface area contributed by atoms with Crippen molar-refractivity contribution in [1.82, 2.24) is 9.97 Å².